The van der Waals surface area contributed by atoms with Crippen LogP contribution >= 0.6 is 9.39 Å². The van der Waals surface area contributed by atoms with E-state index in [1.807, 2.05) is 23.5 Å². The van der Waals surface area contributed by atoms with Gasteiger partial charge in [0.1, 0.15) is 5.58 Å². The number of aromatic carboxylic acids is 1. The van der Waals surface area contributed by atoms with Crippen molar-refractivity contribution in [2.45, 2.75) is 33.2 Å². The van der Waals surface area contributed by atoms with Crippen LogP contribution in [0.25, 0.3) is 11.0 Å². The number of hydrogen-bond acceptors (Lipinski definition) is 6. The molecule has 0 bridgehead atoms. The Hall–Kier alpha value is -1.95. The number of ether oxygens (including phenoxy) is 1. The third-order valence-corrected chi connectivity index (χ3v) is 5.62. The average molecular weight is 420 g/mol. The zero-order valence-corrected chi connectivity index (χ0v) is 18.6. The van der Waals surface area contributed by atoms with Crippen LogP contribution in [0.1, 0.15) is 49.2 Å². The van der Waals surface area contributed by atoms with E-state index in [0.717, 1.165) is 6.42 Å². The fraction of sp³-hybridized carbons (Fsp3) is 0.524. The highest BCUT2D eigenvalue weighted by Gasteiger charge is 2.28. The van der Waals surface area contributed by atoms with Gasteiger partial charge in [-0.05, 0) is 25.6 Å². The summed E-state index contributed by atoms with van der Waals surface area (Å²) in [6.07, 6.45) is 0.733. The van der Waals surface area contributed by atoms with Crippen molar-refractivity contribution in [3.05, 3.63) is 39.5 Å². The van der Waals surface area contributed by atoms with Crippen molar-refractivity contribution in [1.82, 2.24) is 4.67 Å². The van der Waals surface area contributed by atoms with Gasteiger partial charge >= 0.3 is 5.97 Å². The number of anilines is 1. The van der Waals surface area contributed by atoms with Crippen molar-refractivity contribution in [3.8, 4) is 0 Å². The van der Waals surface area contributed by atoms with Crippen LogP contribution in [-0.4, -0.2) is 49.1 Å². The molecule has 0 aliphatic carbocycles. The molecule has 1 saturated heterocycles. The average Bonchev–Trinajstić information content (AvgIpc) is 2.82. The molecule has 1 aliphatic rings. The van der Waals surface area contributed by atoms with E-state index in [1.54, 1.807) is 6.07 Å². The summed E-state index contributed by atoms with van der Waals surface area (Å²) in [4.78, 5) is 26.6. The molecule has 0 amide bonds. The molecule has 1 N–H and O–H groups in total. The van der Waals surface area contributed by atoms with Crippen LogP contribution in [0.3, 0.4) is 0 Å². The Morgan fingerprint density at radius 3 is 2.72 bits per heavy atom. The minimum absolute atomic E-state index is 0.0771. The fourth-order valence-corrected chi connectivity index (χ4v) is 4.25. The van der Waals surface area contributed by atoms with Gasteiger partial charge in [0, 0.05) is 36.2 Å². The van der Waals surface area contributed by atoms with Gasteiger partial charge in [-0.25, -0.2) is 4.79 Å². The van der Waals surface area contributed by atoms with Gasteiger partial charge in [0.2, 0.25) is 0 Å². The van der Waals surface area contributed by atoms with Gasteiger partial charge in [0.25, 0.3) is 0 Å². The van der Waals surface area contributed by atoms with E-state index in [4.69, 9.17) is 9.15 Å². The predicted molar refractivity (Wildman–Crippen MR) is 117 cm³/mol. The van der Waals surface area contributed by atoms with E-state index in [1.165, 1.54) is 12.1 Å². The summed E-state index contributed by atoms with van der Waals surface area (Å²) in [6.45, 7) is 8.77. The molecular formula is C21H29N2O5P. The van der Waals surface area contributed by atoms with E-state index in [9.17, 15) is 14.7 Å². The maximum Gasteiger partial charge on any atom is 0.335 e. The smallest absolute Gasteiger partial charge is 0.335 e. The highest BCUT2D eigenvalue weighted by atomic mass is 31.0. The third-order valence-electron chi connectivity index (χ3n) is 5.26. The number of carboxylic acid groups (broad SMARTS) is 1. The van der Waals surface area contributed by atoms with E-state index < -0.39 is 5.97 Å². The molecule has 158 valence electrons. The van der Waals surface area contributed by atoms with Crippen molar-refractivity contribution < 1.29 is 19.1 Å². The second kappa shape index (κ2) is 8.42. The first kappa shape index (κ1) is 21.8. The summed E-state index contributed by atoms with van der Waals surface area (Å²) in [7, 11) is 4.51. The van der Waals surface area contributed by atoms with Gasteiger partial charge in [-0.2, -0.15) is 0 Å². The van der Waals surface area contributed by atoms with E-state index >= 15 is 0 Å². The molecular weight excluding hydrogens is 391 g/mol. The van der Waals surface area contributed by atoms with Crippen LogP contribution in [-0.2, 0) is 4.74 Å². The van der Waals surface area contributed by atoms with Crippen LogP contribution in [0.4, 0.5) is 5.88 Å². The van der Waals surface area contributed by atoms with Crippen molar-refractivity contribution in [1.29, 1.82) is 0 Å². The second-order valence-corrected chi connectivity index (χ2v) is 9.24. The van der Waals surface area contributed by atoms with E-state index in [0.29, 0.717) is 48.7 Å². The number of carboxylic acids is 1. The highest BCUT2D eigenvalue weighted by molar-refractivity contribution is 7.13. The largest absolute Gasteiger partial charge is 0.478 e. The zero-order valence-electron chi connectivity index (χ0n) is 17.4. The molecule has 1 aliphatic heterocycles. The lowest BCUT2D eigenvalue weighted by molar-refractivity contribution is 0.0697. The van der Waals surface area contributed by atoms with E-state index in [-0.39, 0.29) is 22.4 Å². The molecule has 1 aromatic carbocycles. The molecule has 2 atom stereocenters. The summed E-state index contributed by atoms with van der Waals surface area (Å²) < 4.78 is 13.9. The Morgan fingerprint density at radius 2 is 2.10 bits per heavy atom. The summed E-state index contributed by atoms with van der Waals surface area (Å²) in [5, 5.41) is 9.82. The van der Waals surface area contributed by atoms with Crippen LogP contribution in [0.15, 0.2) is 27.4 Å². The van der Waals surface area contributed by atoms with Crippen molar-refractivity contribution in [3.63, 3.8) is 0 Å². The molecule has 0 radical (unpaired) electrons. The number of nitrogens with zero attached hydrogens (tertiary/aromatic N) is 2. The minimum Gasteiger partial charge on any atom is -0.478 e. The lowest BCUT2D eigenvalue weighted by atomic mass is 9.94. The molecule has 8 heteroatoms. The summed E-state index contributed by atoms with van der Waals surface area (Å²) in [6, 6.07) is 4.37. The van der Waals surface area contributed by atoms with Crippen molar-refractivity contribution >= 4 is 32.2 Å². The van der Waals surface area contributed by atoms with Gasteiger partial charge in [-0.15, -0.1) is 0 Å². The normalized spacial score (nSPS) is 18.1. The van der Waals surface area contributed by atoms with Crippen molar-refractivity contribution in [2.75, 3.05) is 38.3 Å². The molecule has 2 aromatic rings. The molecule has 2 heterocycles. The standard InChI is InChI=1S/C21H29N2O5P/c1-5-16(22(4)29)14-8-13(20(25)26)9-15-17(24)10-18(28-19(14)15)23-6-7-27-12-21(2,3)11-23/h8-10,16H,5-7,11-12,29H2,1-4H3,(H,25,26). The monoisotopic (exact) mass is 420 g/mol. The molecule has 7 nitrogen and oxygen atoms in total. The number of fused-ring (bicyclic) bond motifs is 1. The lowest BCUT2D eigenvalue weighted by Gasteiger charge is -2.29. The van der Waals surface area contributed by atoms with Crippen LogP contribution in [0, 0.1) is 5.41 Å². The maximum absolute atomic E-state index is 13.0. The molecule has 0 saturated carbocycles. The minimum atomic E-state index is -1.07. The first-order valence-corrected chi connectivity index (χ1v) is 10.3. The first-order valence-electron chi connectivity index (χ1n) is 9.78. The van der Waals surface area contributed by atoms with Gasteiger partial charge in [-0.1, -0.05) is 30.2 Å². The summed E-state index contributed by atoms with van der Waals surface area (Å²) in [5.41, 5.74) is 0.912. The Labute approximate surface area is 172 Å². The van der Waals surface area contributed by atoms with Crippen molar-refractivity contribution in [2.24, 2.45) is 5.41 Å². The molecule has 29 heavy (non-hydrogen) atoms. The fourth-order valence-electron chi connectivity index (χ4n) is 3.88. The summed E-state index contributed by atoms with van der Waals surface area (Å²) >= 11 is 0. The van der Waals surface area contributed by atoms with Crippen LogP contribution < -0.4 is 10.3 Å². The van der Waals surface area contributed by atoms with Crippen LogP contribution in [0.5, 0.6) is 0 Å². The van der Waals surface area contributed by atoms with Crippen LogP contribution in [0.2, 0.25) is 0 Å². The topological polar surface area (TPSA) is 83.2 Å². The number of hydrogen-bond donors (Lipinski definition) is 1. The highest BCUT2D eigenvalue weighted by Crippen LogP contribution is 2.34. The number of carbonyl (C=O) groups is 1. The summed E-state index contributed by atoms with van der Waals surface area (Å²) in [5.74, 6) is -0.573. The Morgan fingerprint density at radius 1 is 1.38 bits per heavy atom. The predicted octanol–water partition coefficient (Wildman–Crippen LogP) is 3.53. The van der Waals surface area contributed by atoms with Gasteiger partial charge in [-0.3, -0.25) is 9.46 Å². The quantitative estimate of drug-likeness (QED) is 0.741. The zero-order chi connectivity index (χ0) is 21.3. The SMILES string of the molecule is CCC(c1cc(C(=O)O)cc2c(=O)cc(N3CCOCC(C)(C)C3)oc12)N(C)P. The molecule has 0 spiro atoms. The van der Waals surface area contributed by atoms with E-state index in [2.05, 4.69) is 23.2 Å². The number of benzene rings is 1. The molecule has 2 unspecified atom stereocenters. The Kier molecular flexibility index (Phi) is 6.32. The van der Waals surface area contributed by atoms with Gasteiger partial charge in [0.05, 0.1) is 24.2 Å². The Bertz CT molecular complexity index is 969. The molecule has 1 fully saturated rings. The third kappa shape index (κ3) is 4.63. The maximum atomic E-state index is 13.0. The van der Waals surface area contributed by atoms with Gasteiger partial charge < -0.3 is 19.2 Å². The lowest BCUT2D eigenvalue weighted by Crippen LogP contribution is -2.35. The molecule has 1 aromatic heterocycles. The Balaban J connectivity index is 2.22. The van der Waals surface area contributed by atoms with Gasteiger partial charge in [0.15, 0.2) is 11.3 Å². The number of rotatable bonds is 5. The first-order chi connectivity index (χ1) is 13.6. The molecule has 3 rings (SSSR count). The second-order valence-electron chi connectivity index (χ2n) is 8.42.